The molecule has 4 rings (SSSR count). The largest absolute Gasteiger partial charge is 0.493 e. The maximum atomic E-state index is 12.6. The Morgan fingerprint density at radius 1 is 1.13 bits per heavy atom. The van der Waals surface area contributed by atoms with Gasteiger partial charge in [-0.25, -0.2) is 4.98 Å². The molecule has 2 aliphatic rings. The zero-order valence-corrected chi connectivity index (χ0v) is 18.7. The summed E-state index contributed by atoms with van der Waals surface area (Å²) in [4.78, 5) is 34.3. The van der Waals surface area contributed by atoms with E-state index in [1.165, 1.54) is 0 Å². The highest BCUT2D eigenvalue weighted by atomic mass is 32.1. The van der Waals surface area contributed by atoms with Crippen molar-refractivity contribution in [2.45, 2.75) is 25.8 Å². The quantitative estimate of drug-likeness (QED) is 0.642. The highest BCUT2D eigenvalue weighted by molar-refractivity contribution is 7.13. The van der Waals surface area contributed by atoms with E-state index in [0.717, 1.165) is 53.6 Å². The van der Waals surface area contributed by atoms with Crippen LogP contribution in [0.4, 0.5) is 0 Å². The minimum Gasteiger partial charge on any atom is -0.493 e. The fraction of sp³-hybridized carbons (Fsp3) is 0.435. The van der Waals surface area contributed by atoms with E-state index < -0.39 is 0 Å². The second kappa shape index (κ2) is 9.62. The normalized spacial score (nSPS) is 17.1. The molecular formula is C23H27N3O4S. The fourth-order valence-electron chi connectivity index (χ4n) is 3.93. The van der Waals surface area contributed by atoms with Crippen molar-refractivity contribution in [2.75, 3.05) is 40.4 Å². The van der Waals surface area contributed by atoms with Gasteiger partial charge in [0.25, 0.3) is 0 Å². The third-order valence-corrected chi connectivity index (χ3v) is 6.80. The molecule has 0 spiro atoms. The van der Waals surface area contributed by atoms with Gasteiger partial charge in [0.1, 0.15) is 5.01 Å². The second-order valence-corrected chi connectivity index (χ2v) is 8.79. The van der Waals surface area contributed by atoms with Gasteiger partial charge in [-0.2, -0.15) is 0 Å². The number of benzene rings is 1. The molecule has 8 heteroatoms. The van der Waals surface area contributed by atoms with Crippen molar-refractivity contribution in [1.29, 1.82) is 0 Å². The van der Waals surface area contributed by atoms with Gasteiger partial charge in [0.2, 0.25) is 5.91 Å². The van der Waals surface area contributed by atoms with E-state index >= 15 is 0 Å². The molecule has 1 aromatic carbocycles. The van der Waals surface area contributed by atoms with Crippen molar-refractivity contribution >= 4 is 29.1 Å². The number of thiazole rings is 1. The molecule has 0 unspecified atom stereocenters. The third-order valence-electron chi connectivity index (χ3n) is 5.68. The molecular weight excluding hydrogens is 414 g/mol. The number of aromatic nitrogens is 1. The van der Waals surface area contributed by atoms with Crippen LogP contribution in [0.3, 0.4) is 0 Å². The highest BCUT2D eigenvalue weighted by Crippen LogP contribution is 2.29. The number of ether oxygens (including phenoxy) is 2. The Kier molecular flexibility index (Phi) is 6.67. The lowest BCUT2D eigenvalue weighted by Gasteiger charge is -2.33. The minimum absolute atomic E-state index is 0.00439. The number of hydrogen-bond acceptors (Lipinski definition) is 7. The molecule has 1 saturated heterocycles. The summed E-state index contributed by atoms with van der Waals surface area (Å²) in [6.07, 6.45) is 5.87. The van der Waals surface area contributed by atoms with Crippen LogP contribution >= 0.6 is 11.3 Å². The van der Waals surface area contributed by atoms with E-state index in [9.17, 15) is 9.59 Å². The first kappa shape index (κ1) is 21.5. The maximum absolute atomic E-state index is 12.6. The van der Waals surface area contributed by atoms with E-state index in [4.69, 9.17) is 9.47 Å². The average molecular weight is 442 g/mol. The van der Waals surface area contributed by atoms with Crippen molar-refractivity contribution in [3.8, 4) is 11.5 Å². The number of rotatable bonds is 6. The van der Waals surface area contributed by atoms with Gasteiger partial charge in [-0.15, -0.1) is 11.3 Å². The second-order valence-electron chi connectivity index (χ2n) is 7.71. The van der Waals surface area contributed by atoms with E-state index in [0.29, 0.717) is 31.0 Å². The van der Waals surface area contributed by atoms with Crippen LogP contribution in [0.15, 0.2) is 24.3 Å². The lowest BCUT2D eigenvalue weighted by Crippen LogP contribution is -2.47. The Balaban J connectivity index is 1.30. The van der Waals surface area contributed by atoms with Crippen LogP contribution in [0.2, 0.25) is 0 Å². The minimum atomic E-state index is 0.00439. The van der Waals surface area contributed by atoms with Gasteiger partial charge in [-0.3, -0.25) is 14.5 Å². The zero-order valence-electron chi connectivity index (χ0n) is 17.9. The summed E-state index contributed by atoms with van der Waals surface area (Å²) in [5, 5.41) is 1.01. The van der Waals surface area contributed by atoms with Crippen molar-refractivity contribution in [3.05, 3.63) is 45.4 Å². The van der Waals surface area contributed by atoms with Crippen LogP contribution in [0.1, 0.15) is 38.8 Å². The molecule has 164 valence electrons. The van der Waals surface area contributed by atoms with E-state index in [1.54, 1.807) is 37.7 Å². The number of nitrogens with zero attached hydrogens (tertiary/aromatic N) is 3. The molecule has 0 atom stereocenters. The van der Waals surface area contributed by atoms with Gasteiger partial charge in [-0.05, 0) is 36.6 Å². The summed E-state index contributed by atoms with van der Waals surface area (Å²) in [7, 11) is 3.19. The Hall–Kier alpha value is -2.71. The average Bonchev–Trinajstić information content (AvgIpc) is 3.21. The van der Waals surface area contributed by atoms with Gasteiger partial charge in [0.05, 0.1) is 31.3 Å². The summed E-state index contributed by atoms with van der Waals surface area (Å²) in [5.41, 5.74) is 1.86. The third kappa shape index (κ3) is 4.97. The number of carbonyl (C=O) groups excluding carboxylic acids is 2. The first-order valence-corrected chi connectivity index (χ1v) is 11.3. The Morgan fingerprint density at radius 3 is 2.61 bits per heavy atom. The standard InChI is InChI=1S/C23H27N3O4S/c1-29-19-8-6-16(14-20(19)30-2)7-9-22(28)26-12-10-25(11-13-26)15-21-24-17-4-3-5-18(27)23(17)31-21/h6-9,14H,3-5,10-13,15H2,1-2H3/b9-7+. The number of hydrogen-bond donors (Lipinski definition) is 0. The Morgan fingerprint density at radius 2 is 1.90 bits per heavy atom. The summed E-state index contributed by atoms with van der Waals surface area (Å²) in [6.45, 7) is 3.70. The smallest absolute Gasteiger partial charge is 0.246 e. The van der Waals surface area contributed by atoms with E-state index in [-0.39, 0.29) is 11.7 Å². The van der Waals surface area contributed by atoms with Crippen molar-refractivity contribution < 1.29 is 19.1 Å². The molecule has 7 nitrogen and oxygen atoms in total. The molecule has 2 heterocycles. The van der Waals surface area contributed by atoms with Gasteiger partial charge in [-0.1, -0.05) is 6.07 Å². The summed E-state index contributed by atoms with van der Waals surface area (Å²) < 4.78 is 10.6. The lowest BCUT2D eigenvalue weighted by molar-refractivity contribution is -0.127. The van der Waals surface area contributed by atoms with Gasteiger partial charge < -0.3 is 14.4 Å². The molecule has 0 radical (unpaired) electrons. The van der Waals surface area contributed by atoms with E-state index in [1.807, 2.05) is 23.1 Å². The molecule has 1 aliphatic heterocycles. The molecule has 1 amide bonds. The number of fused-ring (bicyclic) bond motifs is 1. The van der Waals surface area contributed by atoms with Crippen LogP contribution in [-0.2, 0) is 17.8 Å². The predicted octanol–water partition coefficient (Wildman–Crippen LogP) is 3.04. The predicted molar refractivity (Wildman–Crippen MR) is 120 cm³/mol. The molecule has 2 aromatic rings. The topological polar surface area (TPSA) is 72.0 Å². The number of aryl methyl sites for hydroxylation is 1. The van der Waals surface area contributed by atoms with Gasteiger partial charge in [0.15, 0.2) is 17.3 Å². The summed E-state index contributed by atoms with van der Waals surface area (Å²) in [5.74, 6) is 1.54. The number of piperazine rings is 1. The molecule has 0 bridgehead atoms. The Bertz CT molecular complexity index is 993. The molecule has 1 aliphatic carbocycles. The number of carbonyl (C=O) groups is 2. The highest BCUT2D eigenvalue weighted by Gasteiger charge is 2.24. The van der Waals surface area contributed by atoms with Crippen LogP contribution in [0.5, 0.6) is 11.5 Å². The number of Topliss-reactive ketones (excluding diaryl/α,β-unsaturated/α-hetero) is 1. The monoisotopic (exact) mass is 441 g/mol. The van der Waals surface area contributed by atoms with Crippen molar-refractivity contribution in [2.24, 2.45) is 0 Å². The molecule has 31 heavy (non-hydrogen) atoms. The van der Waals surface area contributed by atoms with E-state index in [2.05, 4.69) is 9.88 Å². The van der Waals surface area contributed by atoms with Crippen molar-refractivity contribution in [3.63, 3.8) is 0 Å². The lowest BCUT2D eigenvalue weighted by atomic mass is 10.0. The Labute approximate surface area is 186 Å². The first-order chi connectivity index (χ1) is 15.1. The maximum Gasteiger partial charge on any atom is 0.246 e. The van der Waals surface area contributed by atoms with Crippen LogP contribution in [0.25, 0.3) is 6.08 Å². The number of ketones is 1. The van der Waals surface area contributed by atoms with Crippen LogP contribution in [0, 0.1) is 0 Å². The van der Waals surface area contributed by atoms with Crippen LogP contribution in [-0.4, -0.2) is 66.9 Å². The van der Waals surface area contributed by atoms with Crippen LogP contribution < -0.4 is 9.47 Å². The zero-order chi connectivity index (χ0) is 21.8. The SMILES string of the molecule is COc1ccc(/C=C/C(=O)N2CCN(Cc3nc4c(s3)C(=O)CCC4)CC2)cc1OC. The summed E-state index contributed by atoms with van der Waals surface area (Å²) in [6, 6.07) is 5.56. The molecule has 0 saturated carbocycles. The first-order valence-electron chi connectivity index (χ1n) is 10.5. The fourth-order valence-corrected chi connectivity index (χ4v) is 5.05. The van der Waals surface area contributed by atoms with Crippen molar-refractivity contribution in [1.82, 2.24) is 14.8 Å². The van der Waals surface area contributed by atoms with Gasteiger partial charge in [0, 0.05) is 38.7 Å². The number of amides is 1. The number of methoxy groups -OCH3 is 2. The molecule has 0 N–H and O–H groups in total. The van der Waals surface area contributed by atoms with Gasteiger partial charge >= 0.3 is 0 Å². The molecule has 1 fully saturated rings. The molecule has 1 aromatic heterocycles. The summed E-state index contributed by atoms with van der Waals surface area (Å²) >= 11 is 1.54.